The normalized spacial score (nSPS) is 12.3. The van der Waals surface area contributed by atoms with E-state index in [1.165, 1.54) is 6.26 Å². The highest BCUT2D eigenvalue weighted by atomic mass is 16.3. The average molecular weight is 349 g/mol. The molecule has 0 fully saturated rings. The molecule has 0 aliphatic heterocycles. The van der Waals surface area contributed by atoms with Crippen molar-refractivity contribution in [2.24, 2.45) is 11.7 Å². The number of hydrogen-bond acceptors (Lipinski definition) is 4. The fourth-order valence-electron chi connectivity index (χ4n) is 2.69. The summed E-state index contributed by atoms with van der Waals surface area (Å²) in [5.74, 6) is 0.251. The zero-order chi connectivity index (χ0) is 18.5. The first-order valence-electron chi connectivity index (χ1n) is 8.68. The number of nitrogens with zero attached hydrogens (tertiary/aromatic N) is 1. The van der Waals surface area contributed by atoms with Crippen molar-refractivity contribution < 1.29 is 9.21 Å². The number of carbonyl (C=O) groups excluding carboxylic acids is 1. The SMILES string of the molecule is CC(C)C(N)c1nc(C(=O)NC(c2ccccc2)c2ccccc2)co1. The maximum Gasteiger partial charge on any atom is 0.273 e. The molecule has 3 rings (SSSR count). The Morgan fingerprint density at radius 3 is 2.04 bits per heavy atom. The zero-order valence-corrected chi connectivity index (χ0v) is 14.9. The topological polar surface area (TPSA) is 81.1 Å². The molecule has 1 heterocycles. The van der Waals surface area contributed by atoms with Gasteiger partial charge in [0, 0.05) is 0 Å². The number of carbonyl (C=O) groups is 1. The Kier molecular flexibility index (Phi) is 5.49. The van der Waals surface area contributed by atoms with Gasteiger partial charge in [-0.25, -0.2) is 4.98 Å². The molecule has 0 saturated carbocycles. The van der Waals surface area contributed by atoms with E-state index in [1.54, 1.807) is 0 Å². The number of hydrogen-bond donors (Lipinski definition) is 2. The Morgan fingerprint density at radius 1 is 1.00 bits per heavy atom. The van der Waals surface area contributed by atoms with Crippen molar-refractivity contribution in [3.63, 3.8) is 0 Å². The van der Waals surface area contributed by atoms with Gasteiger partial charge in [-0.15, -0.1) is 0 Å². The van der Waals surface area contributed by atoms with Crippen LogP contribution in [-0.2, 0) is 0 Å². The smallest absolute Gasteiger partial charge is 0.273 e. The second kappa shape index (κ2) is 7.97. The highest BCUT2D eigenvalue weighted by Crippen LogP contribution is 2.23. The van der Waals surface area contributed by atoms with Gasteiger partial charge in [-0.2, -0.15) is 0 Å². The van der Waals surface area contributed by atoms with E-state index in [2.05, 4.69) is 10.3 Å². The molecule has 0 aliphatic carbocycles. The first kappa shape index (κ1) is 17.9. The van der Waals surface area contributed by atoms with E-state index in [9.17, 15) is 4.79 Å². The van der Waals surface area contributed by atoms with Crippen molar-refractivity contribution >= 4 is 5.91 Å². The number of benzene rings is 2. The van der Waals surface area contributed by atoms with Gasteiger partial charge in [0.05, 0.1) is 12.1 Å². The molecule has 5 heteroatoms. The monoisotopic (exact) mass is 349 g/mol. The van der Waals surface area contributed by atoms with Crippen LogP contribution in [0.2, 0.25) is 0 Å². The summed E-state index contributed by atoms with van der Waals surface area (Å²) in [6, 6.07) is 19.0. The molecule has 1 amide bonds. The molecule has 0 spiro atoms. The van der Waals surface area contributed by atoms with E-state index in [-0.39, 0.29) is 29.6 Å². The second-order valence-electron chi connectivity index (χ2n) is 6.57. The molecule has 1 atom stereocenters. The molecule has 5 nitrogen and oxygen atoms in total. The van der Waals surface area contributed by atoms with Crippen LogP contribution in [0.3, 0.4) is 0 Å². The highest BCUT2D eigenvalue weighted by molar-refractivity contribution is 5.92. The van der Waals surface area contributed by atoms with Crippen molar-refractivity contribution in [3.8, 4) is 0 Å². The number of amides is 1. The molecule has 3 N–H and O–H groups in total. The van der Waals surface area contributed by atoms with E-state index in [0.29, 0.717) is 5.89 Å². The highest BCUT2D eigenvalue weighted by Gasteiger charge is 2.22. The van der Waals surface area contributed by atoms with Gasteiger partial charge in [0.15, 0.2) is 5.69 Å². The lowest BCUT2D eigenvalue weighted by molar-refractivity contribution is 0.0938. The molecule has 0 radical (unpaired) electrons. The number of rotatable bonds is 6. The Bertz CT molecular complexity index is 804. The van der Waals surface area contributed by atoms with Crippen LogP contribution in [-0.4, -0.2) is 10.9 Å². The molecule has 26 heavy (non-hydrogen) atoms. The standard InChI is InChI=1S/C21H23N3O2/c1-14(2)18(22)21-23-17(13-26-21)20(25)24-19(15-9-5-3-6-10-15)16-11-7-4-8-12-16/h3-14,18-19H,22H2,1-2H3,(H,24,25). The lowest BCUT2D eigenvalue weighted by Crippen LogP contribution is -2.29. The molecular formula is C21H23N3O2. The van der Waals surface area contributed by atoms with Gasteiger partial charge < -0.3 is 15.5 Å². The average Bonchev–Trinajstić information content (AvgIpc) is 3.17. The Balaban J connectivity index is 1.84. The summed E-state index contributed by atoms with van der Waals surface area (Å²) in [7, 11) is 0. The molecule has 0 aliphatic rings. The van der Waals surface area contributed by atoms with Gasteiger partial charge in [-0.05, 0) is 17.0 Å². The second-order valence-corrected chi connectivity index (χ2v) is 6.57. The van der Waals surface area contributed by atoms with Crippen LogP contribution in [0, 0.1) is 5.92 Å². The molecule has 0 bridgehead atoms. The minimum absolute atomic E-state index is 0.172. The fraction of sp³-hybridized carbons (Fsp3) is 0.238. The lowest BCUT2D eigenvalue weighted by atomic mass is 9.98. The van der Waals surface area contributed by atoms with Crippen LogP contribution in [0.25, 0.3) is 0 Å². The fourth-order valence-corrected chi connectivity index (χ4v) is 2.69. The minimum Gasteiger partial charge on any atom is -0.446 e. The van der Waals surface area contributed by atoms with Crippen molar-refractivity contribution in [2.75, 3.05) is 0 Å². The first-order chi connectivity index (χ1) is 12.6. The van der Waals surface area contributed by atoms with Gasteiger partial charge in [0.1, 0.15) is 6.26 Å². The maximum absolute atomic E-state index is 12.7. The van der Waals surface area contributed by atoms with Crippen molar-refractivity contribution in [2.45, 2.75) is 25.9 Å². The van der Waals surface area contributed by atoms with E-state index >= 15 is 0 Å². The van der Waals surface area contributed by atoms with Gasteiger partial charge in [0.25, 0.3) is 5.91 Å². The third-order valence-corrected chi connectivity index (χ3v) is 4.30. The van der Waals surface area contributed by atoms with Gasteiger partial charge in [-0.3, -0.25) is 4.79 Å². The zero-order valence-electron chi connectivity index (χ0n) is 14.9. The minimum atomic E-state index is -0.337. The van der Waals surface area contributed by atoms with Crippen molar-refractivity contribution in [1.82, 2.24) is 10.3 Å². The maximum atomic E-state index is 12.7. The van der Waals surface area contributed by atoms with Gasteiger partial charge in [0.2, 0.25) is 5.89 Å². The third-order valence-electron chi connectivity index (χ3n) is 4.30. The Hall–Kier alpha value is -2.92. The van der Waals surface area contributed by atoms with Crippen LogP contribution in [0.5, 0.6) is 0 Å². The quantitative estimate of drug-likeness (QED) is 0.708. The van der Waals surface area contributed by atoms with E-state index in [1.807, 2.05) is 74.5 Å². The number of aromatic nitrogens is 1. The summed E-state index contributed by atoms with van der Waals surface area (Å²) in [4.78, 5) is 17.0. The number of nitrogens with one attached hydrogen (secondary N) is 1. The molecule has 134 valence electrons. The largest absolute Gasteiger partial charge is 0.446 e. The number of oxazole rings is 1. The first-order valence-corrected chi connectivity index (χ1v) is 8.68. The molecule has 1 unspecified atom stereocenters. The van der Waals surface area contributed by atoms with E-state index in [0.717, 1.165) is 11.1 Å². The van der Waals surface area contributed by atoms with Crippen LogP contribution in [0.15, 0.2) is 71.3 Å². The summed E-state index contributed by atoms with van der Waals surface area (Å²) in [6.07, 6.45) is 1.36. The Morgan fingerprint density at radius 2 is 1.54 bits per heavy atom. The van der Waals surface area contributed by atoms with E-state index < -0.39 is 0 Å². The predicted octanol–water partition coefficient (Wildman–Crippen LogP) is 3.85. The molecule has 0 saturated heterocycles. The molecule has 3 aromatic rings. The summed E-state index contributed by atoms with van der Waals surface area (Å²) >= 11 is 0. The summed E-state index contributed by atoms with van der Waals surface area (Å²) in [6.45, 7) is 3.96. The third kappa shape index (κ3) is 4.00. The van der Waals surface area contributed by atoms with Crippen LogP contribution < -0.4 is 11.1 Å². The van der Waals surface area contributed by atoms with Gasteiger partial charge >= 0.3 is 0 Å². The number of nitrogens with two attached hydrogens (primary N) is 1. The summed E-state index contributed by atoms with van der Waals surface area (Å²) in [5.41, 5.74) is 8.27. The van der Waals surface area contributed by atoms with Crippen molar-refractivity contribution in [3.05, 3.63) is 89.6 Å². The van der Waals surface area contributed by atoms with Crippen LogP contribution >= 0.6 is 0 Å². The van der Waals surface area contributed by atoms with Crippen molar-refractivity contribution in [1.29, 1.82) is 0 Å². The van der Waals surface area contributed by atoms with Crippen LogP contribution in [0.1, 0.15) is 53.4 Å². The molecule has 1 aromatic heterocycles. The summed E-state index contributed by atoms with van der Waals surface area (Å²) < 4.78 is 5.40. The van der Waals surface area contributed by atoms with E-state index in [4.69, 9.17) is 10.2 Å². The van der Waals surface area contributed by atoms with Crippen LogP contribution in [0.4, 0.5) is 0 Å². The lowest BCUT2D eigenvalue weighted by Gasteiger charge is -2.19. The van der Waals surface area contributed by atoms with Gasteiger partial charge in [-0.1, -0.05) is 74.5 Å². The predicted molar refractivity (Wildman–Crippen MR) is 100 cm³/mol. The molecular weight excluding hydrogens is 326 g/mol. The summed E-state index contributed by atoms with van der Waals surface area (Å²) in [5, 5.41) is 3.05. The molecule has 2 aromatic carbocycles. The Labute approximate surface area is 153 Å².